The largest absolute Gasteiger partial charge is 0.343 e. The predicted octanol–water partition coefficient (Wildman–Crippen LogP) is 4.74. The van der Waals surface area contributed by atoms with Crippen molar-refractivity contribution in [2.45, 2.75) is 58.9 Å². The van der Waals surface area contributed by atoms with E-state index in [0.717, 1.165) is 43.2 Å². The van der Waals surface area contributed by atoms with Crippen molar-refractivity contribution in [2.75, 3.05) is 13.1 Å². The fourth-order valence-corrected chi connectivity index (χ4v) is 4.23. The fourth-order valence-electron chi connectivity index (χ4n) is 4.01. The number of hydrogen-bond donors (Lipinski definition) is 1. The van der Waals surface area contributed by atoms with Crippen molar-refractivity contribution in [3.63, 3.8) is 0 Å². The second-order valence-electron chi connectivity index (χ2n) is 7.59. The molecule has 0 unspecified atom stereocenters. The van der Waals surface area contributed by atoms with Gasteiger partial charge in [-0.25, -0.2) is 0 Å². The van der Waals surface area contributed by atoms with Crippen LogP contribution in [0.5, 0.6) is 0 Å². The van der Waals surface area contributed by atoms with Gasteiger partial charge in [-0.1, -0.05) is 43.5 Å². The normalized spacial score (nSPS) is 17.7. The van der Waals surface area contributed by atoms with Crippen LogP contribution in [-0.4, -0.2) is 38.7 Å². The number of likely N-dealkylation sites (tertiary alicyclic amines) is 1. The molecule has 2 heterocycles. The maximum Gasteiger partial charge on any atom is 0.224 e. The van der Waals surface area contributed by atoms with E-state index in [0.29, 0.717) is 17.7 Å². The Labute approximate surface area is 166 Å². The van der Waals surface area contributed by atoms with E-state index in [1.165, 1.54) is 24.8 Å². The lowest BCUT2D eigenvalue weighted by Gasteiger charge is -2.21. The topological polar surface area (TPSA) is 53.9 Å². The molecule has 1 aromatic carbocycles. The Kier molecular flexibility index (Phi) is 6.83. The number of aromatic nitrogens is 3. The number of amides is 1. The van der Waals surface area contributed by atoms with E-state index >= 15 is 0 Å². The number of nitrogens with one attached hydrogen (secondary N) is 1. The average molecular weight is 387 g/mol. The standard InChI is InChI=1S/C21H30N4OS/c1-3-6-17-8-5-12-24(13-10-17)19(26)11-14-25-20(22-23-21(25)27)18-9-4-7-16(2)15-18/h4,7,9,15,17H,3,5-6,8,10-14H2,1-2H3,(H,23,27)/t17-/m0/s1. The first-order valence-corrected chi connectivity index (χ1v) is 10.5. The number of aromatic amines is 1. The third-order valence-electron chi connectivity index (χ3n) is 5.48. The van der Waals surface area contributed by atoms with Crippen LogP contribution in [0.15, 0.2) is 24.3 Å². The molecule has 0 aliphatic carbocycles. The van der Waals surface area contributed by atoms with Gasteiger partial charge >= 0.3 is 0 Å². The highest BCUT2D eigenvalue weighted by molar-refractivity contribution is 7.71. The minimum absolute atomic E-state index is 0.227. The lowest BCUT2D eigenvalue weighted by molar-refractivity contribution is -0.131. The minimum atomic E-state index is 0.227. The van der Waals surface area contributed by atoms with Crippen molar-refractivity contribution < 1.29 is 4.79 Å². The third kappa shape index (κ3) is 5.06. The predicted molar refractivity (Wildman–Crippen MR) is 111 cm³/mol. The summed E-state index contributed by atoms with van der Waals surface area (Å²) in [6.07, 6.45) is 6.49. The molecule has 1 amide bonds. The summed E-state index contributed by atoms with van der Waals surface area (Å²) in [4.78, 5) is 14.8. The van der Waals surface area contributed by atoms with Crippen molar-refractivity contribution >= 4 is 18.1 Å². The number of benzene rings is 1. The zero-order valence-corrected chi connectivity index (χ0v) is 17.2. The summed E-state index contributed by atoms with van der Waals surface area (Å²) in [5.74, 6) is 1.81. The smallest absolute Gasteiger partial charge is 0.224 e. The van der Waals surface area contributed by atoms with Crippen molar-refractivity contribution in [1.29, 1.82) is 0 Å². The number of rotatable bonds is 6. The van der Waals surface area contributed by atoms with Gasteiger partial charge < -0.3 is 4.90 Å². The van der Waals surface area contributed by atoms with E-state index < -0.39 is 0 Å². The van der Waals surface area contributed by atoms with E-state index in [1.807, 2.05) is 21.6 Å². The molecule has 1 saturated heterocycles. The van der Waals surface area contributed by atoms with Gasteiger partial charge in [-0.05, 0) is 50.4 Å². The van der Waals surface area contributed by atoms with Crippen molar-refractivity contribution in [1.82, 2.24) is 19.7 Å². The monoisotopic (exact) mass is 386 g/mol. The van der Waals surface area contributed by atoms with Gasteiger partial charge in [-0.2, -0.15) is 5.10 Å². The van der Waals surface area contributed by atoms with E-state index in [1.54, 1.807) is 0 Å². The Morgan fingerprint density at radius 3 is 2.96 bits per heavy atom. The molecule has 0 radical (unpaired) electrons. The Morgan fingerprint density at radius 2 is 2.19 bits per heavy atom. The van der Waals surface area contributed by atoms with Crippen LogP contribution in [0.3, 0.4) is 0 Å². The van der Waals surface area contributed by atoms with Crippen molar-refractivity contribution in [2.24, 2.45) is 5.92 Å². The molecular weight excluding hydrogens is 356 g/mol. The van der Waals surface area contributed by atoms with Crippen LogP contribution in [0.1, 0.15) is 51.0 Å². The van der Waals surface area contributed by atoms with Gasteiger partial charge in [-0.15, -0.1) is 0 Å². The lowest BCUT2D eigenvalue weighted by atomic mass is 9.96. The zero-order chi connectivity index (χ0) is 19.2. The summed E-state index contributed by atoms with van der Waals surface area (Å²) in [5.41, 5.74) is 2.20. The molecule has 1 aromatic heterocycles. The summed E-state index contributed by atoms with van der Waals surface area (Å²) in [6, 6.07) is 8.19. The second-order valence-corrected chi connectivity index (χ2v) is 7.98. The van der Waals surface area contributed by atoms with Gasteiger partial charge in [0.25, 0.3) is 0 Å². The molecule has 1 atom stereocenters. The fraction of sp³-hybridized carbons (Fsp3) is 0.571. The summed E-state index contributed by atoms with van der Waals surface area (Å²) in [6.45, 7) is 6.65. The Balaban J connectivity index is 1.64. The number of hydrogen-bond acceptors (Lipinski definition) is 3. The first-order chi connectivity index (χ1) is 13.1. The molecule has 1 aliphatic heterocycles. The molecule has 0 spiro atoms. The molecule has 0 saturated carbocycles. The van der Waals surface area contributed by atoms with Crippen LogP contribution < -0.4 is 0 Å². The summed E-state index contributed by atoms with van der Waals surface area (Å²) < 4.78 is 2.51. The summed E-state index contributed by atoms with van der Waals surface area (Å²) in [5, 5.41) is 7.26. The Bertz CT molecular complexity index is 826. The molecule has 1 aliphatic rings. The molecule has 0 bridgehead atoms. The van der Waals surface area contributed by atoms with E-state index in [2.05, 4.69) is 36.2 Å². The van der Waals surface area contributed by atoms with Gasteiger partial charge in [0.1, 0.15) is 0 Å². The molecular formula is C21H30N4OS. The zero-order valence-electron chi connectivity index (χ0n) is 16.4. The minimum Gasteiger partial charge on any atom is -0.343 e. The third-order valence-corrected chi connectivity index (χ3v) is 5.79. The number of H-pyrrole nitrogens is 1. The van der Waals surface area contributed by atoms with Gasteiger partial charge in [0.2, 0.25) is 5.91 Å². The second kappa shape index (κ2) is 9.31. The van der Waals surface area contributed by atoms with E-state index in [4.69, 9.17) is 12.2 Å². The lowest BCUT2D eigenvalue weighted by Crippen LogP contribution is -2.32. The maximum absolute atomic E-state index is 12.8. The van der Waals surface area contributed by atoms with E-state index in [9.17, 15) is 4.79 Å². The molecule has 5 nitrogen and oxygen atoms in total. The molecule has 1 N–H and O–H groups in total. The number of carbonyl (C=O) groups excluding carboxylic acids is 1. The quantitative estimate of drug-likeness (QED) is 0.730. The van der Waals surface area contributed by atoms with Gasteiger partial charge in [-0.3, -0.25) is 14.5 Å². The van der Waals surface area contributed by atoms with Crippen molar-refractivity contribution in [3.8, 4) is 11.4 Å². The van der Waals surface area contributed by atoms with Gasteiger partial charge in [0.05, 0.1) is 0 Å². The van der Waals surface area contributed by atoms with Gasteiger partial charge in [0.15, 0.2) is 10.6 Å². The molecule has 1 fully saturated rings. The number of nitrogens with zero attached hydrogens (tertiary/aromatic N) is 3. The molecule has 2 aromatic rings. The average Bonchev–Trinajstić information content (AvgIpc) is 2.86. The Hall–Kier alpha value is -1.95. The first kappa shape index (κ1) is 19.8. The Morgan fingerprint density at radius 1 is 1.33 bits per heavy atom. The molecule has 146 valence electrons. The van der Waals surface area contributed by atoms with Crippen molar-refractivity contribution in [3.05, 3.63) is 34.6 Å². The highest BCUT2D eigenvalue weighted by Gasteiger charge is 2.20. The molecule has 6 heteroatoms. The summed E-state index contributed by atoms with van der Waals surface area (Å²) >= 11 is 5.40. The van der Waals surface area contributed by atoms with Crippen LogP contribution in [0.2, 0.25) is 0 Å². The maximum atomic E-state index is 12.8. The van der Waals surface area contributed by atoms with Crippen LogP contribution in [0.25, 0.3) is 11.4 Å². The molecule has 3 rings (SSSR count). The summed E-state index contributed by atoms with van der Waals surface area (Å²) in [7, 11) is 0. The number of aryl methyl sites for hydroxylation is 1. The van der Waals surface area contributed by atoms with Crippen LogP contribution in [0, 0.1) is 17.6 Å². The molecule has 27 heavy (non-hydrogen) atoms. The SMILES string of the molecule is CCC[C@H]1CCCN(C(=O)CCn2c(-c3cccc(C)c3)n[nH]c2=S)CC1. The highest BCUT2D eigenvalue weighted by Crippen LogP contribution is 2.23. The van der Waals surface area contributed by atoms with Crippen LogP contribution in [0.4, 0.5) is 0 Å². The number of carbonyl (C=O) groups is 1. The first-order valence-electron chi connectivity index (χ1n) is 10.1. The van der Waals surface area contributed by atoms with Crippen LogP contribution >= 0.6 is 12.2 Å². The highest BCUT2D eigenvalue weighted by atomic mass is 32.1. The van der Waals surface area contributed by atoms with E-state index in [-0.39, 0.29) is 5.91 Å². The van der Waals surface area contributed by atoms with Crippen LogP contribution in [-0.2, 0) is 11.3 Å². The van der Waals surface area contributed by atoms with Gasteiger partial charge in [0, 0.05) is 31.6 Å².